The molecule has 0 bridgehead atoms. The van der Waals surface area contributed by atoms with Crippen molar-refractivity contribution in [1.29, 1.82) is 0 Å². The van der Waals surface area contributed by atoms with Crippen molar-refractivity contribution in [2.75, 3.05) is 26.8 Å². The van der Waals surface area contributed by atoms with E-state index in [4.69, 9.17) is 14.6 Å². The van der Waals surface area contributed by atoms with Gasteiger partial charge in [-0.1, -0.05) is 0 Å². The number of nitrogens with one attached hydrogen (secondary N) is 1. The van der Waals surface area contributed by atoms with E-state index in [-0.39, 0.29) is 6.10 Å². The van der Waals surface area contributed by atoms with Crippen LogP contribution in [0.25, 0.3) is 0 Å². The van der Waals surface area contributed by atoms with Crippen LogP contribution < -0.4 is 14.8 Å². The van der Waals surface area contributed by atoms with E-state index in [1.165, 1.54) is 0 Å². The quantitative estimate of drug-likeness (QED) is 0.720. The molecular weight excluding hydrogens is 230 g/mol. The average Bonchev–Trinajstić information content (AvgIpc) is 2.37. The highest BCUT2D eigenvalue weighted by Gasteiger charge is 2.26. The van der Waals surface area contributed by atoms with Crippen molar-refractivity contribution in [2.45, 2.75) is 18.9 Å². The first-order valence-electron chi connectivity index (χ1n) is 6.43. The average molecular weight is 251 g/mol. The van der Waals surface area contributed by atoms with Gasteiger partial charge in [-0.05, 0) is 49.6 Å². The van der Waals surface area contributed by atoms with Crippen LogP contribution in [0.1, 0.15) is 12.8 Å². The highest BCUT2D eigenvalue weighted by molar-refractivity contribution is 5.31. The molecule has 4 heteroatoms. The Morgan fingerprint density at radius 2 is 1.89 bits per heavy atom. The Morgan fingerprint density at radius 1 is 1.22 bits per heavy atom. The number of methoxy groups -OCH3 is 1. The molecule has 0 amide bonds. The van der Waals surface area contributed by atoms with E-state index in [2.05, 4.69) is 5.32 Å². The van der Waals surface area contributed by atoms with Crippen molar-refractivity contribution in [3.05, 3.63) is 24.3 Å². The maximum Gasteiger partial charge on any atom is 0.119 e. The topological polar surface area (TPSA) is 50.7 Å². The van der Waals surface area contributed by atoms with Gasteiger partial charge in [-0.15, -0.1) is 0 Å². The fraction of sp³-hybridized carbons (Fsp3) is 0.571. The molecule has 0 heterocycles. The first kappa shape index (κ1) is 13.2. The molecule has 1 aromatic rings. The number of rotatable bonds is 7. The molecule has 0 aromatic heterocycles. The second kappa shape index (κ2) is 6.61. The zero-order valence-corrected chi connectivity index (χ0v) is 10.8. The van der Waals surface area contributed by atoms with Gasteiger partial charge in [-0.3, -0.25) is 0 Å². The Balaban J connectivity index is 1.54. The summed E-state index contributed by atoms with van der Waals surface area (Å²) in [4.78, 5) is 0. The minimum Gasteiger partial charge on any atom is -0.497 e. The van der Waals surface area contributed by atoms with Gasteiger partial charge in [0.15, 0.2) is 0 Å². The van der Waals surface area contributed by atoms with Crippen LogP contribution in [-0.4, -0.2) is 38.0 Å². The third-order valence-corrected chi connectivity index (χ3v) is 3.25. The summed E-state index contributed by atoms with van der Waals surface area (Å²) < 4.78 is 10.7. The van der Waals surface area contributed by atoms with Crippen LogP contribution in [-0.2, 0) is 0 Å². The van der Waals surface area contributed by atoms with Gasteiger partial charge in [0.25, 0.3) is 0 Å². The number of aliphatic hydroxyl groups is 1. The maximum absolute atomic E-state index is 9.15. The number of ether oxygens (including phenoxy) is 2. The lowest BCUT2D eigenvalue weighted by molar-refractivity contribution is 0.0428. The Bertz CT molecular complexity index is 347. The Hall–Kier alpha value is -1.26. The SMILES string of the molecule is COc1ccc(OCCNCC2CC(O)C2)cc1. The van der Waals surface area contributed by atoms with Crippen LogP contribution in [0.3, 0.4) is 0 Å². The van der Waals surface area contributed by atoms with E-state index in [1.54, 1.807) is 7.11 Å². The summed E-state index contributed by atoms with van der Waals surface area (Å²) in [5.74, 6) is 2.33. The molecule has 1 aliphatic carbocycles. The molecule has 2 rings (SSSR count). The van der Waals surface area contributed by atoms with E-state index < -0.39 is 0 Å². The van der Waals surface area contributed by atoms with E-state index in [9.17, 15) is 0 Å². The van der Waals surface area contributed by atoms with Gasteiger partial charge in [0.1, 0.15) is 18.1 Å². The second-order valence-corrected chi connectivity index (χ2v) is 4.72. The number of hydrogen-bond acceptors (Lipinski definition) is 4. The molecule has 1 aliphatic rings. The summed E-state index contributed by atoms with van der Waals surface area (Å²) in [6.07, 6.45) is 1.81. The first-order valence-corrected chi connectivity index (χ1v) is 6.43. The van der Waals surface area contributed by atoms with E-state index in [0.717, 1.165) is 37.4 Å². The predicted molar refractivity (Wildman–Crippen MR) is 70.1 cm³/mol. The molecule has 0 unspecified atom stereocenters. The van der Waals surface area contributed by atoms with Gasteiger partial charge in [-0.25, -0.2) is 0 Å². The Labute approximate surface area is 108 Å². The first-order chi connectivity index (χ1) is 8.78. The summed E-state index contributed by atoms with van der Waals surface area (Å²) in [5.41, 5.74) is 0. The number of hydrogen-bond donors (Lipinski definition) is 2. The molecule has 0 saturated heterocycles. The maximum atomic E-state index is 9.15. The molecule has 0 radical (unpaired) electrons. The fourth-order valence-electron chi connectivity index (χ4n) is 2.09. The zero-order valence-electron chi connectivity index (χ0n) is 10.8. The Kier molecular flexibility index (Phi) is 4.84. The van der Waals surface area contributed by atoms with Crippen molar-refractivity contribution in [1.82, 2.24) is 5.32 Å². The van der Waals surface area contributed by atoms with Crippen LogP contribution in [0.5, 0.6) is 11.5 Å². The highest BCUT2D eigenvalue weighted by Crippen LogP contribution is 2.25. The third kappa shape index (κ3) is 3.89. The minimum atomic E-state index is -0.0626. The van der Waals surface area contributed by atoms with Crippen LogP contribution in [0.2, 0.25) is 0 Å². The molecule has 2 N–H and O–H groups in total. The molecule has 1 aromatic carbocycles. The molecule has 0 atom stereocenters. The van der Waals surface area contributed by atoms with Crippen LogP contribution in [0.4, 0.5) is 0 Å². The predicted octanol–water partition coefficient (Wildman–Crippen LogP) is 1.43. The highest BCUT2D eigenvalue weighted by atomic mass is 16.5. The summed E-state index contributed by atoms with van der Waals surface area (Å²) in [7, 11) is 1.65. The van der Waals surface area contributed by atoms with Gasteiger partial charge in [0.2, 0.25) is 0 Å². The van der Waals surface area contributed by atoms with Gasteiger partial charge < -0.3 is 19.9 Å². The number of aliphatic hydroxyl groups excluding tert-OH is 1. The van der Waals surface area contributed by atoms with Crippen molar-refractivity contribution in [3.63, 3.8) is 0 Å². The van der Waals surface area contributed by atoms with Gasteiger partial charge in [0, 0.05) is 6.54 Å². The summed E-state index contributed by atoms with van der Waals surface area (Å²) in [6, 6.07) is 7.58. The van der Waals surface area contributed by atoms with Gasteiger partial charge >= 0.3 is 0 Å². The largest absolute Gasteiger partial charge is 0.497 e. The normalized spacial score (nSPS) is 22.3. The van der Waals surface area contributed by atoms with E-state index in [1.807, 2.05) is 24.3 Å². The van der Waals surface area contributed by atoms with E-state index in [0.29, 0.717) is 12.5 Å². The molecule has 18 heavy (non-hydrogen) atoms. The number of benzene rings is 1. The molecule has 4 nitrogen and oxygen atoms in total. The third-order valence-electron chi connectivity index (χ3n) is 3.25. The summed E-state index contributed by atoms with van der Waals surface area (Å²) in [5, 5.41) is 12.5. The van der Waals surface area contributed by atoms with Crippen molar-refractivity contribution >= 4 is 0 Å². The van der Waals surface area contributed by atoms with Crippen molar-refractivity contribution in [3.8, 4) is 11.5 Å². The summed E-state index contributed by atoms with van der Waals surface area (Å²) in [6.45, 7) is 2.46. The lowest BCUT2D eigenvalue weighted by Crippen LogP contribution is -2.37. The van der Waals surface area contributed by atoms with Crippen LogP contribution in [0, 0.1) is 5.92 Å². The molecule has 1 saturated carbocycles. The van der Waals surface area contributed by atoms with Crippen LogP contribution >= 0.6 is 0 Å². The lowest BCUT2D eigenvalue weighted by atomic mass is 9.82. The zero-order chi connectivity index (χ0) is 12.8. The standard InChI is InChI=1S/C14H21NO3/c1-17-13-2-4-14(5-3-13)18-7-6-15-10-11-8-12(16)9-11/h2-5,11-12,15-16H,6-10H2,1H3. The minimum absolute atomic E-state index is 0.0626. The van der Waals surface area contributed by atoms with Gasteiger partial charge in [0.05, 0.1) is 13.2 Å². The van der Waals surface area contributed by atoms with Crippen LogP contribution in [0.15, 0.2) is 24.3 Å². The monoisotopic (exact) mass is 251 g/mol. The summed E-state index contributed by atoms with van der Waals surface area (Å²) >= 11 is 0. The second-order valence-electron chi connectivity index (χ2n) is 4.72. The molecule has 100 valence electrons. The lowest BCUT2D eigenvalue weighted by Gasteiger charge is -2.31. The molecular formula is C14H21NO3. The van der Waals surface area contributed by atoms with Crippen molar-refractivity contribution in [2.24, 2.45) is 5.92 Å². The molecule has 1 fully saturated rings. The molecule has 0 spiro atoms. The van der Waals surface area contributed by atoms with Gasteiger partial charge in [-0.2, -0.15) is 0 Å². The van der Waals surface area contributed by atoms with Crippen molar-refractivity contribution < 1.29 is 14.6 Å². The fourth-order valence-corrected chi connectivity index (χ4v) is 2.09. The molecule has 0 aliphatic heterocycles. The van der Waals surface area contributed by atoms with E-state index >= 15 is 0 Å². The Morgan fingerprint density at radius 3 is 2.50 bits per heavy atom. The smallest absolute Gasteiger partial charge is 0.119 e.